The van der Waals surface area contributed by atoms with E-state index in [0.717, 1.165) is 17.0 Å². The van der Waals surface area contributed by atoms with Crippen molar-refractivity contribution in [2.45, 2.75) is 20.0 Å². The predicted molar refractivity (Wildman–Crippen MR) is 113 cm³/mol. The maximum atomic E-state index is 5.97. The Morgan fingerprint density at radius 1 is 1.00 bits per heavy atom. The van der Waals surface area contributed by atoms with Crippen LogP contribution in [0, 0.1) is 0 Å². The molecule has 4 aromatic rings. The van der Waals surface area contributed by atoms with Crippen molar-refractivity contribution in [1.82, 2.24) is 25.5 Å². The summed E-state index contributed by atoms with van der Waals surface area (Å²) in [5.41, 5.74) is 1.87. The van der Waals surface area contributed by atoms with E-state index in [4.69, 9.17) is 13.9 Å². The molecule has 0 atom stereocenters. The molecule has 0 bridgehead atoms. The molecular formula is C21H22ClN5O3. The summed E-state index contributed by atoms with van der Waals surface area (Å²) in [6.07, 6.45) is 1.67. The summed E-state index contributed by atoms with van der Waals surface area (Å²) in [7, 11) is 0. The zero-order valence-electron chi connectivity index (χ0n) is 16.4. The number of hydrogen-bond acceptors (Lipinski definition) is 7. The first-order chi connectivity index (χ1) is 14.3. The van der Waals surface area contributed by atoms with Gasteiger partial charge >= 0.3 is 6.01 Å². The fraction of sp³-hybridized carbons (Fsp3) is 0.190. The van der Waals surface area contributed by atoms with Crippen molar-refractivity contribution in [2.24, 2.45) is 0 Å². The first-order valence-corrected chi connectivity index (χ1v) is 9.34. The summed E-state index contributed by atoms with van der Waals surface area (Å²) in [6, 6.07) is 19.4. The second kappa shape index (κ2) is 10.4. The van der Waals surface area contributed by atoms with Crippen LogP contribution in [0.3, 0.4) is 0 Å². The second-order valence-electron chi connectivity index (χ2n) is 6.21. The number of rotatable bonds is 9. The van der Waals surface area contributed by atoms with E-state index in [0.29, 0.717) is 31.2 Å². The van der Waals surface area contributed by atoms with Crippen molar-refractivity contribution in [3.05, 3.63) is 78.3 Å². The van der Waals surface area contributed by atoms with Gasteiger partial charge in [0.15, 0.2) is 11.5 Å². The lowest BCUT2D eigenvalue weighted by molar-refractivity contribution is 0.315. The van der Waals surface area contributed by atoms with E-state index in [1.54, 1.807) is 6.26 Å². The van der Waals surface area contributed by atoms with Gasteiger partial charge in [-0.2, -0.15) is 4.68 Å². The summed E-state index contributed by atoms with van der Waals surface area (Å²) in [6.45, 7) is 3.77. The molecule has 0 spiro atoms. The van der Waals surface area contributed by atoms with Crippen LogP contribution in [-0.2, 0) is 13.1 Å². The molecule has 0 aliphatic rings. The molecule has 2 aromatic heterocycles. The van der Waals surface area contributed by atoms with E-state index < -0.39 is 0 Å². The summed E-state index contributed by atoms with van der Waals surface area (Å²) in [5.74, 6) is 2.07. The van der Waals surface area contributed by atoms with Gasteiger partial charge in [0.2, 0.25) is 0 Å². The van der Waals surface area contributed by atoms with Gasteiger partial charge in [-0.25, -0.2) is 0 Å². The second-order valence-corrected chi connectivity index (χ2v) is 6.21. The molecule has 0 aliphatic carbocycles. The lowest BCUT2D eigenvalue weighted by Crippen LogP contribution is -2.12. The molecule has 4 rings (SSSR count). The highest BCUT2D eigenvalue weighted by Gasteiger charge is 2.14. The molecule has 2 heterocycles. The summed E-state index contributed by atoms with van der Waals surface area (Å²) < 4.78 is 18.6. The number of ether oxygens (including phenoxy) is 2. The van der Waals surface area contributed by atoms with Gasteiger partial charge in [-0.1, -0.05) is 29.4 Å². The zero-order valence-corrected chi connectivity index (χ0v) is 17.2. The van der Waals surface area contributed by atoms with E-state index in [1.165, 1.54) is 4.68 Å². The molecule has 0 saturated carbocycles. The minimum atomic E-state index is 0. The Bertz CT molecular complexity index is 1040. The minimum Gasteiger partial charge on any atom is -0.490 e. The standard InChI is InChI=1S/C21H21N5O3.ClH/c1-2-27-20-13-16(14-22-15-18-9-6-12-28-18)10-11-19(20)29-21-23-24-25-26(21)17-7-4-3-5-8-17;/h3-13,22H,2,14-15H2,1H3;1H. The van der Waals surface area contributed by atoms with Crippen LogP contribution in [0.2, 0.25) is 0 Å². The van der Waals surface area contributed by atoms with Crippen LogP contribution in [0.15, 0.2) is 71.3 Å². The van der Waals surface area contributed by atoms with Crippen LogP contribution in [0.4, 0.5) is 0 Å². The van der Waals surface area contributed by atoms with Crippen molar-refractivity contribution < 1.29 is 13.9 Å². The van der Waals surface area contributed by atoms with Crippen molar-refractivity contribution in [3.8, 4) is 23.2 Å². The summed E-state index contributed by atoms with van der Waals surface area (Å²) in [4.78, 5) is 0. The highest BCUT2D eigenvalue weighted by Crippen LogP contribution is 2.32. The average Bonchev–Trinajstić information content (AvgIpc) is 3.43. The molecule has 30 heavy (non-hydrogen) atoms. The Morgan fingerprint density at radius 3 is 2.63 bits per heavy atom. The molecule has 0 aliphatic heterocycles. The number of nitrogens with zero attached hydrogens (tertiary/aromatic N) is 4. The Hall–Kier alpha value is -3.36. The number of hydrogen-bond donors (Lipinski definition) is 1. The van der Waals surface area contributed by atoms with E-state index in [-0.39, 0.29) is 18.4 Å². The molecule has 156 valence electrons. The summed E-state index contributed by atoms with van der Waals surface area (Å²) >= 11 is 0. The average molecular weight is 428 g/mol. The van der Waals surface area contributed by atoms with Gasteiger partial charge in [0.25, 0.3) is 0 Å². The van der Waals surface area contributed by atoms with Crippen LogP contribution in [0.25, 0.3) is 5.69 Å². The van der Waals surface area contributed by atoms with Gasteiger partial charge in [-0.05, 0) is 59.3 Å². The van der Waals surface area contributed by atoms with E-state index in [2.05, 4.69) is 20.8 Å². The lowest BCUT2D eigenvalue weighted by Gasteiger charge is -2.13. The van der Waals surface area contributed by atoms with Gasteiger partial charge in [0, 0.05) is 6.54 Å². The maximum absolute atomic E-state index is 5.97. The van der Waals surface area contributed by atoms with E-state index >= 15 is 0 Å². The van der Waals surface area contributed by atoms with Crippen LogP contribution >= 0.6 is 12.4 Å². The molecule has 0 unspecified atom stereocenters. The van der Waals surface area contributed by atoms with Gasteiger partial charge in [-0.15, -0.1) is 12.4 Å². The smallest absolute Gasteiger partial charge is 0.346 e. The van der Waals surface area contributed by atoms with E-state index in [1.807, 2.05) is 67.6 Å². The minimum absolute atomic E-state index is 0. The van der Waals surface area contributed by atoms with Crippen molar-refractivity contribution >= 4 is 12.4 Å². The van der Waals surface area contributed by atoms with Crippen LogP contribution < -0.4 is 14.8 Å². The topological polar surface area (TPSA) is 87.2 Å². The maximum Gasteiger partial charge on any atom is 0.346 e. The summed E-state index contributed by atoms with van der Waals surface area (Å²) in [5, 5.41) is 15.1. The highest BCUT2D eigenvalue weighted by molar-refractivity contribution is 5.85. The molecule has 9 heteroatoms. The third kappa shape index (κ3) is 5.16. The van der Waals surface area contributed by atoms with Crippen molar-refractivity contribution in [2.75, 3.05) is 6.61 Å². The number of halogens is 1. The Kier molecular flexibility index (Phi) is 7.42. The van der Waals surface area contributed by atoms with Crippen LogP contribution in [-0.4, -0.2) is 26.8 Å². The molecule has 2 aromatic carbocycles. The Labute approximate surface area is 180 Å². The first kappa shape index (κ1) is 21.4. The number of tetrazole rings is 1. The SMILES string of the molecule is CCOc1cc(CNCc2ccco2)ccc1Oc1nnnn1-c1ccccc1.Cl. The van der Waals surface area contributed by atoms with Crippen molar-refractivity contribution in [1.29, 1.82) is 0 Å². The Balaban J connectivity index is 0.00000256. The van der Waals surface area contributed by atoms with Crippen molar-refractivity contribution in [3.63, 3.8) is 0 Å². The number of para-hydroxylation sites is 1. The third-order valence-corrected chi connectivity index (χ3v) is 4.16. The third-order valence-electron chi connectivity index (χ3n) is 4.16. The number of furan rings is 1. The van der Waals surface area contributed by atoms with E-state index in [9.17, 15) is 0 Å². The molecule has 0 saturated heterocycles. The molecular weight excluding hydrogens is 406 g/mol. The molecule has 1 N–H and O–H groups in total. The Morgan fingerprint density at radius 2 is 1.87 bits per heavy atom. The zero-order chi connectivity index (χ0) is 19.9. The van der Waals surface area contributed by atoms with Gasteiger partial charge < -0.3 is 19.2 Å². The lowest BCUT2D eigenvalue weighted by atomic mass is 10.2. The molecule has 0 amide bonds. The number of benzene rings is 2. The van der Waals surface area contributed by atoms with Crippen LogP contribution in [0.1, 0.15) is 18.2 Å². The van der Waals surface area contributed by atoms with Gasteiger partial charge in [0.1, 0.15) is 5.76 Å². The normalized spacial score (nSPS) is 10.4. The highest BCUT2D eigenvalue weighted by atomic mass is 35.5. The number of aromatic nitrogens is 4. The monoisotopic (exact) mass is 427 g/mol. The fourth-order valence-electron chi connectivity index (χ4n) is 2.83. The molecule has 0 radical (unpaired) electrons. The largest absolute Gasteiger partial charge is 0.490 e. The quantitative estimate of drug-likeness (QED) is 0.429. The predicted octanol–water partition coefficient (Wildman–Crippen LogP) is 4.16. The fourth-order valence-corrected chi connectivity index (χ4v) is 2.83. The number of nitrogens with one attached hydrogen (secondary N) is 1. The molecule has 8 nitrogen and oxygen atoms in total. The van der Waals surface area contributed by atoms with Gasteiger partial charge in [-0.3, -0.25) is 0 Å². The molecule has 0 fully saturated rings. The van der Waals surface area contributed by atoms with Crippen LogP contribution in [0.5, 0.6) is 17.5 Å². The van der Waals surface area contributed by atoms with Gasteiger partial charge in [0.05, 0.1) is 25.1 Å². The first-order valence-electron chi connectivity index (χ1n) is 9.34.